The molecule has 1 heterocycles. The van der Waals surface area contributed by atoms with Crippen molar-refractivity contribution in [2.75, 3.05) is 13.2 Å². The van der Waals surface area contributed by atoms with Gasteiger partial charge in [-0.1, -0.05) is 50.3 Å². The molecule has 0 aromatic heterocycles. The molecule has 1 nitrogen and oxygen atoms in total. The van der Waals surface area contributed by atoms with E-state index in [0.29, 0.717) is 3.42 Å². The van der Waals surface area contributed by atoms with Crippen LogP contribution < -0.4 is 0 Å². The van der Waals surface area contributed by atoms with Crippen LogP contribution in [0.25, 0.3) is 0 Å². The molecule has 1 aliphatic rings. The summed E-state index contributed by atoms with van der Waals surface area (Å²) in [6.45, 7) is 11.3. The molecule has 0 aliphatic carbocycles. The highest BCUT2D eigenvalue weighted by Gasteiger charge is 2.37. The summed E-state index contributed by atoms with van der Waals surface area (Å²) < 4.78 is 5.87. The van der Waals surface area contributed by atoms with Gasteiger partial charge in [-0.3, -0.25) is 0 Å². The van der Waals surface area contributed by atoms with Gasteiger partial charge >= 0.3 is 0 Å². The van der Waals surface area contributed by atoms with Gasteiger partial charge in [0, 0.05) is 16.6 Å². The first kappa shape index (κ1) is 11.8. The number of alkyl halides is 1. The molecule has 13 heavy (non-hydrogen) atoms. The van der Waals surface area contributed by atoms with Crippen LogP contribution in [0.3, 0.4) is 0 Å². The van der Waals surface area contributed by atoms with Gasteiger partial charge in [0.2, 0.25) is 0 Å². The van der Waals surface area contributed by atoms with Crippen LogP contribution >= 0.6 is 22.6 Å². The highest BCUT2D eigenvalue weighted by atomic mass is 127. The molecule has 0 saturated carbocycles. The topological polar surface area (TPSA) is 9.23 Å². The Morgan fingerprint density at radius 2 is 2.00 bits per heavy atom. The molecule has 0 aromatic rings. The lowest BCUT2D eigenvalue weighted by molar-refractivity contribution is 0.149. The van der Waals surface area contributed by atoms with Gasteiger partial charge in [0.05, 0.1) is 0 Å². The normalized spacial score (nSPS) is 26.8. The van der Waals surface area contributed by atoms with Gasteiger partial charge in [-0.25, -0.2) is 0 Å². The van der Waals surface area contributed by atoms with Crippen molar-refractivity contribution >= 4 is 22.6 Å². The Hall–Kier alpha value is 0.690. The molecule has 0 N–H and O–H groups in total. The fraction of sp³-hybridized carbons (Fsp3) is 1.00. The van der Waals surface area contributed by atoms with Crippen LogP contribution in [0.1, 0.15) is 34.1 Å². The van der Waals surface area contributed by atoms with Crippen LogP contribution in [0.4, 0.5) is 0 Å². The van der Waals surface area contributed by atoms with Crippen molar-refractivity contribution in [3.63, 3.8) is 0 Å². The van der Waals surface area contributed by atoms with E-state index in [1.54, 1.807) is 0 Å². The Bertz CT molecular complexity index is 154. The molecule has 2 atom stereocenters. The van der Waals surface area contributed by atoms with Gasteiger partial charge in [-0.2, -0.15) is 0 Å². The molecule has 0 bridgehead atoms. The van der Waals surface area contributed by atoms with Crippen LogP contribution in [0.2, 0.25) is 0 Å². The van der Waals surface area contributed by atoms with E-state index in [4.69, 9.17) is 4.74 Å². The lowest BCUT2D eigenvalue weighted by atomic mass is 9.75. The summed E-state index contributed by atoms with van der Waals surface area (Å²) in [5, 5.41) is 0. The van der Waals surface area contributed by atoms with E-state index in [9.17, 15) is 0 Å². The third-order valence-corrected chi connectivity index (χ3v) is 3.70. The smallest absolute Gasteiger partial charge is 0.0498 e. The number of hydrogen-bond acceptors (Lipinski definition) is 1. The molecule has 0 aromatic carbocycles. The van der Waals surface area contributed by atoms with E-state index in [1.165, 1.54) is 6.42 Å². The minimum absolute atomic E-state index is 0.393. The summed E-state index contributed by atoms with van der Waals surface area (Å²) in [5.74, 6) is 2.33. The first-order valence-corrected chi connectivity index (χ1v) is 6.27. The van der Waals surface area contributed by atoms with Crippen molar-refractivity contribution in [1.82, 2.24) is 0 Å². The highest BCUT2D eigenvalue weighted by Crippen LogP contribution is 2.41. The maximum absolute atomic E-state index is 5.48. The van der Waals surface area contributed by atoms with Crippen molar-refractivity contribution in [2.45, 2.75) is 37.5 Å². The second kappa shape index (κ2) is 4.47. The molecule has 0 amide bonds. The molecule has 1 rings (SSSR count). The Labute approximate surface area is 95.8 Å². The Morgan fingerprint density at radius 3 is 2.31 bits per heavy atom. The van der Waals surface area contributed by atoms with Crippen LogP contribution in [-0.2, 0) is 4.74 Å². The average molecular weight is 296 g/mol. The third kappa shape index (κ3) is 3.08. The van der Waals surface area contributed by atoms with Gasteiger partial charge in [0.25, 0.3) is 0 Å². The van der Waals surface area contributed by atoms with Gasteiger partial charge in [0.1, 0.15) is 0 Å². The molecule has 0 radical (unpaired) electrons. The minimum Gasteiger partial charge on any atom is -0.381 e. The monoisotopic (exact) mass is 296 g/mol. The molecule has 78 valence electrons. The predicted molar refractivity (Wildman–Crippen MR) is 65.4 cm³/mol. The van der Waals surface area contributed by atoms with E-state index in [1.807, 2.05) is 0 Å². The van der Waals surface area contributed by atoms with Gasteiger partial charge in [-0.15, -0.1) is 0 Å². The summed E-state index contributed by atoms with van der Waals surface area (Å²) in [5.41, 5.74) is 0. The maximum Gasteiger partial charge on any atom is 0.0498 e. The van der Waals surface area contributed by atoms with E-state index in [-0.39, 0.29) is 0 Å². The molecular weight excluding hydrogens is 275 g/mol. The Kier molecular flexibility index (Phi) is 4.05. The molecule has 1 aliphatic heterocycles. The zero-order chi connectivity index (χ0) is 10.1. The van der Waals surface area contributed by atoms with Crippen molar-refractivity contribution in [3.05, 3.63) is 0 Å². The first-order chi connectivity index (χ1) is 5.93. The van der Waals surface area contributed by atoms with Crippen LogP contribution in [-0.4, -0.2) is 16.6 Å². The van der Waals surface area contributed by atoms with E-state index >= 15 is 0 Å². The van der Waals surface area contributed by atoms with Crippen LogP contribution in [0.15, 0.2) is 0 Å². The van der Waals surface area contributed by atoms with Gasteiger partial charge < -0.3 is 4.74 Å². The van der Waals surface area contributed by atoms with Crippen LogP contribution in [0, 0.1) is 17.8 Å². The summed E-state index contributed by atoms with van der Waals surface area (Å²) in [6.07, 6.45) is 1.26. The average Bonchev–Trinajstić information content (AvgIpc) is 2.34. The predicted octanol–water partition coefficient (Wildman–Crippen LogP) is 3.51. The lowest BCUT2D eigenvalue weighted by Crippen LogP contribution is -2.35. The lowest BCUT2D eigenvalue weighted by Gasteiger charge is -2.36. The van der Waals surface area contributed by atoms with E-state index < -0.39 is 0 Å². The standard InChI is InChI=1S/C11H21IO/c1-8(2)10(11(3,4)12)9-5-6-13-7-9/h8-10H,5-7H2,1-4H3/t9-,10?/m0/s1. The van der Waals surface area contributed by atoms with E-state index in [0.717, 1.165) is 31.0 Å². The molecule has 1 saturated heterocycles. The largest absolute Gasteiger partial charge is 0.381 e. The molecule has 2 heteroatoms. The van der Waals surface area contributed by atoms with Gasteiger partial charge in [0.15, 0.2) is 0 Å². The van der Waals surface area contributed by atoms with Crippen molar-refractivity contribution in [2.24, 2.45) is 17.8 Å². The second-order valence-electron chi connectivity index (χ2n) is 4.96. The Morgan fingerprint density at radius 1 is 1.38 bits per heavy atom. The zero-order valence-corrected chi connectivity index (χ0v) is 11.3. The molecule has 1 unspecified atom stereocenters. The number of rotatable bonds is 3. The summed E-state index contributed by atoms with van der Waals surface area (Å²) in [7, 11) is 0. The quantitative estimate of drug-likeness (QED) is 0.572. The fourth-order valence-electron chi connectivity index (χ4n) is 2.73. The molecule has 0 spiro atoms. The summed E-state index contributed by atoms with van der Waals surface area (Å²) in [6, 6.07) is 0. The fourth-order valence-corrected chi connectivity index (χ4v) is 3.96. The number of ether oxygens (including phenoxy) is 1. The second-order valence-corrected chi connectivity index (χ2v) is 7.74. The van der Waals surface area contributed by atoms with Crippen LogP contribution in [0.5, 0.6) is 0 Å². The van der Waals surface area contributed by atoms with E-state index in [2.05, 4.69) is 50.3 Å². The highest BCUT2D eigenvalue weighted by molar-refractivity contribution is 14.1. The van der Waals surface area contributed by atoms with Gasteiger partial charge in [-0.05, 0) is 24.2 Å². The SMILES string of the molecule is CC(C)C([C@H]1CCOC1)C(C)(C)I. The summed E-state index contributed by atoms with van der Waals surface area (Å²) in [4.78, 5) is 0. The molecule has 1 fully saturated rings. The maximum atomic E-state index is 5.48. The number of halogens is 1. The zero-order valence-electron chi connectivity index (χ0n) is 9.14. The van der Waals surface area contributed by atoms with Crippen molar-refractivity contribution < 1.29 is 4.74 Å². The third-order valence-electron chi connectivity index (χ3n) is 2.98. The van der Waals surface area contributed by atoms with Crippen molar-refractivity contribution in [3.8, 4) is 0 Å². The summed E-state index contributed by atoms with van der Waals surface area (Å²) >= 11 is 2.59. The molecular formula is C11H21IO. The van der Waals surface area contributed by atoms with Crippen molar-refractivity contribution in [1.29, 1.82) is 0 Å². The first-order valence-electron chi connectivity index (χ1n) is 5.19. The minimum atomic E-state index is 0.393. The Balaban J connectivity index is 2.67. The number of hydrogen-bond donors (Lipinski definition) is 0.